The zero-order valence-corrected chi connectivity index (χ0v) is 14.1. The predicted octanol–water partition coefficient (Wildman–Crippen LogP) is 5.27. The minimum Gasteiger partial charge on any atom is -0.319 e. The van der Waals surface area contributed by atoms with Crippen LogP contribution in [0.15, 0.2) is 42.5 Å². The smallest absolute Gasteiger partial charge is 0.0439 e. The van der Waals surface area contributed by atoms with Crippen molar-refractivity contribution in [2.24, 2.45) is 5.92 Å². The molecule has 2 aromatic rings. The van der Waals surface area contributed by atoms with Crippen LogP contribution in [0.1, 0.15) is 11.1 Å². The van der Waals surface area contributed by atoms with E-state index in [2.05, 4.69) is 11.4 Å². The summed E-state index contributed by atoms with van der Waals surface area (Å²) < 4.78 is 0. The van der Waals surface area contributed by atoms with Crippen LogP contribution in [0.2, 0.25) is 15.1 Å². The molecule has 0 radical (unpaired) electrons. The maximum atomic E-state index is 6.27. The van der Waals surface area contributed by atoms with Crippen molar-refractivity contribution in [3.05, 3.63) is 68.7 Å². The molecule has 0 bridgehead atoms. The van der Waals surface area contributed by atoms with Gasteiger partial charge in [0.1, 0.15) is 0 Å². The van der Waals surface area contributed by atoms with Gasteiger partial charge in [0.2, 0.25) is 0 Å². The molecule has 0 aliphatic carbocycles. The lowest BCUT2D eigenvalue weighted by Gasteiger charge is -2.18. The lowest BCUT2D eigenvalue weighted by atomic mass is 9.92. The van der Waals surface area contributed by atoms with E-state index in [4.69, 9.17) is 34.8 Å². The Balaban J connectivity index is 2.13. The first-order valence-electron chi connectivity index (χ1n) is 6.91. The summed E-state index contributed by atoms with van der Waals surface area (Å²) in [6.45, 7) is 0.912. The Morgan fingerprint density at radius 2 is 1.71 bits per heavy atom. The summed E-state index contributed by atoms with van der Waals surface area (Å²) in [5.74, 6) is 0.435. The van der Waals surface area contributed by atoms with Gasteiger partial charge in [0.25, 0.3) is 0 Å². The van der Waals surface area contributed by atoms with Gasteiger partial charge in [-0.3, -0.25) is 0 Å². The number of benzene rings is 2. The Bertz CT molecular complexity index is 598. The van der Waals surface area contributed by atoms with Gasteiger partial charge in [-0.2, -0.15) is 0 Å². The molecule has 0 saturated carbocycles. The normalized spacial score (nSPS) is 12.4. The summed E-state index contributed by atoms with van der Waals surface area (Å²) in [7, 11) is 1.96. The van der Waals surface area contributed by atoms with Crippen molar-refractivity contribution in [2.75, 3.05) is 13.6 Å². The first-order valence-corrected chi connectivity index (χ1v) is 8.05. The highest BCUT2D eigenvalue weighted by atomic mass is 35.5. The van der Waals surface area contributed by atoms with E-state index >= 15 is 0 Å². The number of hydrogen-bond donors (Lipinski definition) is 1. The van der Waals surface area contributed by atoms with E-state index in [1.165, 1.54) is 5.56 Å². The first-order chi connectivity index (χ1) is 10.1. The second-order valence-corrected chi connectivity index (χ2v) is 6.48. The van der Waals surface area contributed by atoms with Gasteiger partial charge in [-0.15, -0.1) is 0 Å². The molecule has 0 aromatic heterocycles. The van der Waals surface area contributed by atoms with Crippen LogP contribution in [0.25, 0.3) is 0 Å². The summed E-state index contributed by atoms with van der Waals surface area (Å²) in [6.07, 6.45) is 1.83. The lowest BCUT2D eigenvalue weighted by Crippen LogP contribution is -2.23. The van der Waals surface area contributed by atoms with Crippen molar-refractivity contribution in [3.8, 4) is 0 Å². The Morgan fingerprint density at radius 1 is 0.952 bits per heavy atom. The molecule has 1 atom stereocenters. The topological polar surface area (TPSA) is 12.0 Å². The van der Waals surface area contributed by atoms with E-state index < -0.39 is 0 Å². The highest BCUT2D eigenvalue weighted by Crippen LogP contribution is 2.25. The molecular formula is C17H18Cl3N. The van der Waals surface area contributed by atoms with Crippen molar-refractivity contribution < 1.29 is 0 Å². The molecule has 1 unspecified atom stereocenters. The van der Waals surface area contributed by atoms with Crippen LogP contribution >= 0.6 is 34.8 Å². The molecule has 0 aliphatic heterocycles. The Labute approximate surface area is 141 Å². The zero-order valence-electron chi connectivity index (χ0n) is 11.9. The van der Waals surface area contributed by atoms with Crippen molar-refractivity contribution >= 4 is 34.8 Å². The Hall–Kier alpha value is -0.730. The van der Waals surface area contributed by atoms with Gasteiger partial charge in [-0.05, 0) is 73.8 Å². The van der Waals surface area contributed by atoms with Crippen molar-refractivity contribution in [2.45, 2.75) is 12.8 Å². The first kappa shape index (κ1) is 16.6. The monoisotopic (exact) mass is 341 g/mol. The van der Waals surface area contributed by atoms with Gasteiger partial charge in [0.15, 0.2) is 0 Å². The SMILES string of the molecule is CNCC(Cc1cccc(Cl)c1)Cc1cc(Cl)ccc1Cl. The van der Waals surface area contributed by atoms with Crippen LogP contribution in [-0.4, -0.2) is 13.6 Å². The van der Waals surface area contributed by atoms with Crippen molar-refractivity contribution in [1.82, 2.24) is 5.32 Å². The second-order valence-electron chi connectivity index (χ2n) is 5.20. The lowest BCUT2D eigenvalue weighted by molar-refractivity contribution is 0.493. The van der Waals surface area contributed by atoms with E-state index in [0.717, 1.165) is 40.0 Å². The van der Waals surface area contributed by atoms with Gasteiger partial charge < -0.3 is 5.32 Å². The fraction of sp³-hybridized carbons (Fsp3) is 0.294. The standard InChI is InChI=1S/C17H18Cl3N/c1-21-11-13(7-12-3-2-4-15(18)9-12)8-14-10-16(19)5-6-17(14)20/h2-6,9-10,13,21H,7-8,11H2,1H3. The van der Waals surface area contributed by atoms with Crippen LogP contribution in [0.5, 0.6) is 0 Å². The molecule has 2 aromatic carbocycles. The maximum absolute atomic E-state index is 6.27. The summed E-state index contributed by atoms with van der Waals surface area (Å²) in [4.78, 5) is 0. The maximum Gasteiger partial charge on any atom is 0.0439 e. The van der Waals surface area contributed by atoms with E-state index in [9.17, 15) is 0 Å². The predicted molar refractivity (Wildman–Crippen MR) is 92.7 cm³/mol. The molecule has 1 N–H and O–H groups in total. The summed E-state index contributed by atoms with van der Waals surface area (Å²) in [5, 5.41) is 5.52. The van der Waals surface area contributed by atoms with Crippen molar-refractivity contribution in [3.63, 3.8) is 0 Å². The molecule has 2 rings (SSSR count). The molecule has 1 nitrogen and oxygen atoms in total. The summed E-state index contributed by atoms with van der Waals surface area (Å²) in [6, 6.07) is 13.6. The van der Waals surface area contributed by atoms with Crippen LogP contribution in [0.4, 0.5) is 0 Å². The fourth-order valence-corrected chi connectivity index (χ4v) is 3.12. The van der Waals surface area contributed by atoms with Gasteiger partial charge in [-0.25, -0.2) is 0 Å². The molecule has 0 spiro atoms. The molecule has 0 fully saturated rings. The van der Waals surface area contributed by atoms with Gasteiger partial charge >= 0.3 is 0 Å². The van der Waals surface area contributed by atoms with Crippen LogP contribution < -0.4 is 5.32 Å². The third-order valence-electron chi connectivity index (χ3n) is 3.42. The van der Waals surface area contributed by atoms with Crippen LogP contribution in [0.3, 0.4) is 0 Å². The minimum atomic E-state index is 0.435. The quantitative estimate of drug-likeness (QED) is 0.754. The largest absolute Gasteiger partial charge is 0.319 e. The minimum absolute atomic E-state index is 0.435. The van der Waals surface area contributed by atoms with E-state index in [-0.39, 0.29) is 0 Å². The van der Waals surface area contributed by atoms with Crippen LogP contribution in [-0.2, 0) is 12.8 Å². The zero-order chi connectivity index (χ0) is 15.2. The third-order valence-corrected chi connectivity index (χ3v) is 4.26. The molecule has 0 heterocycles. The Morgan fingerprint density at radius 3 is 2.43 bits per heavy atom. The average molecular weight is 343 g/mol. The molecule has 0 amide bonds. The van der Waals surface area contributed by atoms with Gasteiger partial charge in [0.05, 0.1) is 0 Å². The number of rotatable bonds is 6. The molecule has 0 aliphatic rings. The van der Waals surface area contributed by atoms with Gasteiger partial charge in [0, 0.05) is 15.1 Å². The highest BCUT2D eigenvalue weighted by Gasteiger charge is 2.13. The average Bonchev–Trinajstić information content (AvgIpc) is 2.43. The molecule has 0 saturated heterocycles. The summed E-state index contributed by atoms with van der Waals surface area (Å²) in [5.41, 5.74) is 2.33. The second kappa shape index (κ2) is 8.05. The summed E-state index contributed by atoms with van der Waals surface area (Å²) >= 11 is 18.4. The number of nitrogens with one attached hydrogen (secondary N) is 1. The Kier molecular flexibility index (Phi) is 6.38. The van der Waals surface area contributed by atoms with Crippen LogP contribution in [0, 0.1) is 5.92 Å². The van der Waals surface area contributed by atoms with Gasteiger partial charge in [-0.1, -0.05) is 46.9 Å². The van der Waals surface area contributed by atoms with E-state index in [0.29, 0.717) is 5.92 Å². The van der Waals surface area contributed by atoms with E-state index in [1.807, 2.05) is 43.4 Å². The highest BCUT2D eigenvalue weighted by molar-refractivity contribution is 6.33. The van der Waals surface area contributed by atoms with Crippen molar-refractivity contribution in [1.29, 1.82) is 0 Å². The van der Waals surface area contributed by atoms with E-state index in [1.54, 1.807) is 0 Å². The molecule has 4 heteroatoms. The number of hydrogen-bond acceptors (Lipinski definition) is 1. The third kappa shape index (κ3) is 5.19. The number of halogens is 3. The molecular weight excluding hydrogens is 325 g/mol. The molecule has 21 heavy (non-hydrogen) atoms. The molecule has 112 valence electrons. The fourth-order valence-electron chi connectivity index (χ4n) is 2.51.